The number of carbonyl (C=O) groups is 1. The molecule has 0 aliphatic carbocycles. The molecule has 0 saturated carbocycles. The van der Waals surface area contributed by atoms with Crippen molar-refractivity contribution in [2.24, 2.45) is 5.14 Å². The molecule has 152 valence electrons. The van der Waals surface area contributed by atoms with Crippen molar-refractivity contribution >= 4 is 27.5 Å². The zero-order chi connectivity index (χ0) is 20.9. The number of rotatable bonds is 8. The second-order valence-corrected chi connectivity index (χ2v) is 7.68. The van der Waals surface area contributed by atoms with Gasteiger partial charge in [0.1, 0.15) is 22.1 Å². The Bertz CT molecular complexity index is 978. The molecule has 0 bridgehead atoms. The molecule has 1 amide bonds. The van der Waals surface area contributed by atoms with Gasteiger partial charge < -0.3 is 19.5 Å². The van der Waals surface area contributed by atoms with Crippen LogP contribution in [0.3, 0.4) is 0 Å². The van der Waals surface area contributed by atoms with Crippen LogP contribution in [0.2, 0.25) is 5.02 Å². The number of benzene rings is 2. The Morgan fingerprint density at radius 2 is 1.68 bits per heavy atom. The summed E-state index contributed by atoms with van der Waals surface area (Å²) in [7, 11) is 0.249. The van der Waals surface area contributed by atoms with E-state index in [0.717, 1.165) is 0 Å². The number of nitrogens with one attached hydrogen (secondary N) is 1. The predicted octanol–water partition coefficient (Wildman–Crippen LogP) is 1.99. The third-order valence-corrected chi connectivity index (χ3v) is 5.13. The maximum Gasteiger partial charge on any atom is 0.255 e. The van der Waals surface area contributed by atoms with Gasteiger partial charge in [0.15, 0.2) is 0 Å². The van der Waals surface area contributed by atoms with Crippen molar-refractivity contribution in [1.82, 2.24) is 5.32 Å². The number of carbonyl (C=O) groups excluding carboxylic acids is 1. The third kappa shape index (κ3) is 5.06. The van der Waals surface area contributed by atoms with Crippen LogP contribution in [0.1, 0.15) is 15.9 Å². The van der Waals surface area contributed by atoms with Gasteiger partial charge in [-0.3, -0.25) is 4.79 Å². The van der Waals surface area contributed by atoms with Crippen molar-refractivity contribution in [3.63, 3.8) is 0 Å². The molecule has 0 heterocycles. The van der Waals surface area contributed by atoms with Crippen molar-refractivity contribution < 1.29 is 27.4 Å². The maximum atomic E-state index is 12.4. The highest BCUT2D eigenvalue weighted by Crippen LogP contribution is 2.31. The van der Waals surface area contributed by atoms with E-state index in [0.29, 0.717) is 34.1 Å². The van der Waals surface area contributed by atoms with E-state index in [4.69, 9.17) is 31.0 Å². The van der Waals surface area contributed by atoms with E-state index in [1.807, 2.05) is 0 Å². The number of hydrogen-bond acceptors (Lipinski definition) is 6. The number of hydrogen-bond donors (Lipinski definition) is 2. The molecule has 0 atom stereocenters. The largest absolute Gasteiger partial charge is 0.496 e. The summed E-state index contributed by atoms with van der Waals surface area (Å²) < 4.78 is 39.1. The Morgan fingerprint density at radius 3 is 2.25 bits per heavy atom. The maximum absolute atomic E-state index is 12.4. The number of ether oxygens (including phenoxy) is 3. The fourth-order valence-electron chi connectivity index (χ4n) is 2.61. The molecule has 8 nitrogen and oxygen atoms in total. The van der Waals surface area contributed by atoms with Crippen molar-refractivity contribution in [3.05, 3.63) is 46.5 Å². The standard InChI is InChI=1S/C18H21ClN2O6S/c1-25-14-5-4-12(19)9-13(14)18(22)21-7-6-11-8-17(28(20,23)24)16(27-3)10-15(11)26-2/h4-5,8-10H,6-7H2,1-3H3,(H,21,22)(H2,20,23,24). The highest BCUT2D eigenvalue weighted by atomic mass is 35.5. The smallest absolute Gasteiger partial charge is 0.255 e. The molecule has 2 aromatic rings. The van der Waals surface area contributed by atoms with E-state index in [1.54, 1.807) is 12.1 Å². The van der Waals surface area contributed by atoms with Crippen molar-refractivity contribution in [2.75, 3.05) is 27.9 Å². The van der Waals surface area contributed by atoms with Crippen molar-refractivity contribution in [2.45, 2.75) is 11.3 Å². The second-order valence-electron chi connectivity index (χ2n) is 5.71. The fourth-order valence-corrected chi connectivity index (χ4v) is 3.52. The SMILES string of the molecule is COc1cc(OC)c(S(N)(=O)=O)cc1CCNC(=O)c1cc(Cl)ccc1OC. The molecule has 0 spiro atoms. The topological polar surface area (TPSA) is 117 Å². The minimum Gasteiger partial charge on any atom is -0.496 e. The van der Waals surface area contributed by atoms with E-state index in [9.17, 15) is 13.2 Å². The molecular weight excluding hydrogens is 408 g/mol. The van der Waals surface area contributed by atoms with Gasteiger partial charge in [0.25, 0.3) is 5.91 Å². The van der Waals surface area contributed by atoms with E-state index in [1.165, 1.54) is 39.5 Å². The number of nitrogens with two attached hydrogens (primary N) is 1. The minimum absolute atomic E-state index is 0.0794. The first kappa shape index (κ1) is 21.8. The molecule has 3 N–H and O–H groups in total. The number of primary sulfonamides is 1. The summed E-state index contributed by atoms with van der Waals surface area (Å²) in [4.78, 5) is 12.3. The lowest BCUT2D eigenvalue weighted by molar-refractivity contribution is 0.0951. The Morgan fingerprint density at radius 1 is 1.04 bits per heavy atom. The summed E-state index contributed by atoms with van der Waals surface area (Å²) in [5, 5.41) is 8.39. The van der Waals surface area contributed by atoms with Crippen LogP contribution in [-0.4, -0.2) is 42.2 Å². The molecule has 2 rings (SSSR count). The number of halogens is 1. The van der Waals surface area contributed by atoms with Crippen molar-refractivity contribution in [1.29, 1.82) is 0 Å². The molecule has 0 aromatic heterocycles. The van der Waals surface area contributed by atoms with Gasteiger partial charge in [-0.2, -0.15) is 0 Å². The van der Waals surface area contributed by atoms with Crippen LogP contribution < -0.4 is 24.7 Å². The van der Waals surface area contributed by atoms with Gasteiger partial charge in [-0.1, -0.05) is 11.6 Å². The number of sulfonamides is 1. The Kier molecular flexibility index (Phi) is 7.11. The summed E-state index contributed by atoms with van der Waals surface area (Å²) in [6.07, 6.45) is 0.296. The fraction of sp³-hybridized carbons (Fsp3) is 0.278. The Balaban J connectivity index is 2.21. The molecular formula is C18H21ClN2O6S. The summed E-state index contributed by atoms with van der Waals surface area (Å²) in [5.74, 6) is 0.508. The van der Waals surface area contributed by atoms with E-state index >= 15 is 0 Å². The summed E-state index contributed by atoms with van der Waals surface area (Å²) in [5.41, 5.74) is 0.840. The zero-order valence-electron chi connectivity index (χ0n) is 15.6. The Labute approximate surface area is 168 Å². The lowest BCUT2D eigenvalue weighted by atomic mass is 10.1. The first-order valence-corrected chi connectivity index (χ1v) is 10.0. The first-order valence-electron chi connectivity index (χ1n) is 8.10. The monoisotopic (exact) mass is 428 g/mol. The Hall–Kier alpha value is -2.49. The van der Waals surface area contributed by atoms with Gasteiger partial charge in [0.05, 0.1) is 26.9 Å². The van der Waals surface area contributed by atoms with Gasteiger partial charge in [-0.15, -0.1) is 0 Å². The van der Waals surface area contributed by atoms with Gasteiger partial charge in [-0.25, -0.2) is 13.6 Å². The summed E-state index contributed by atoms with van der Waals surface area (Å²) in [6.45, 7) is 0.210. The van der Waals surface area contributed by atoms with Gasteiger partial charge >= 0.3 is 0 Å². The van der Waals surface area contributed by atoms with Gasteiger partial charge in [0, 0.05) is 17.6 Å². The normalized spacial score (nSPS) is 11.0. The molecule has 0 aliphatic heterocycles. The molecule has 0 radical (unpaired) electrons. The van der Waals surface area contributed by atoms with E-state index < -0.39 is 10.0 Å². The van der Waals surface area contributed by atoms with Crippen LogP contribution in [-0.2, 0) is 16.4 Å². The third-order valence-electron chi connectivity index (χ3n) is 3.96. The second kappa shape index (κ2) is 9.13. The highest BCUT2D eigenvalue weighted by Gasteiger charge is 2.19. The molecule has 0 fully saturated rings. The van der Waals surface area contributed by atoms with Crippen molar-refractivity contribution in [3.8, 4) is 17.2 Å². The van der Waals surface area contributed by atoms with E-state index in [-0.39, 0.29) is 23.1 Å². The molecule has 10 heteroatoms. The van der Waals surface area contributed by atoms with Crippen LogP contribution in [0.5, 0.6) is 17.2 Å². The lowest BCUT2D eigenvalue weighted by Gasteiger charge is -2.14. The summed E-state index contributed by atoms with van der Waals surface area (Å²) >= 11 is 5.94. The lowest BCUT2D eigenvalue weighted by Crippen LogP contribution is -2.26. The molecule has 2 aromatic carbocycles. The van der Waals surface area contributed by atoms with Crippen LogP contribution in [0.4, 0.5) is 0 Å². The average Bonchev–Trinajstić information content (AvgIpc) is 2.66. The molecule has 0 aliphatic rings. The average molecular weight is 429 g/mol. The van der Waals surface area contributed by atoms with Crippen LogP contribution in [0.25, 0.3) is 0 Å². The quantitative estimate of drug-likeness (QED) is 0.664. The van der Waals surface area contributed by atoms with Crippen LogP contribution in [0, 0.1) is 0 Å². The van der Waals surface area contributed by atoms with Crippen LogP contribution in [0.15, 0.2) is 35.2 Å². The molecule has 0 saturated heterocycles. The van der Waals surface area contributed by atoms with Gasteiger partial charge in [-0.05, 0) is 36.2 Å². The van der Waals surface area contributed by atoms with E-state index in [2.05, 4.69) is 5.32 Å². The molecule has 0 unspecified atom stereocenters. The van der Waals surface area contributed by atoms with Crippen LogP contribution >= 0.6 is 11.6 Å². The number of amides is 1. The zero-order valence-corrected chi connectivity index (χ0v) is 17.2. The van der Waals surface area contributed by atoms with Gasteiger partial charge in [0.2, 0.25) is 10.0 Å². The minimum atomic E-state index is -3.99. The predicted molar refractivity (Wildman–Crippen MR) is 105 cm³/mol. The first-order chi connectivity index (χ1) is 13.2. The number of methoxy groups -OCH3 is 3. The highest BCUT2D eigenvalue weighted by molar-refractivity contribution is 7.89. The summed E-state index contributed by atoms with van der Waals surface area (Å²) in [6, 6.07) is 7.54. The molecule has 28 heavy (non-hydrogen) atoms.